The third-order valence-electron chi connectivity index (χ3n) is 2.77. The lowest BCUT2D eigenvalue weighted by molar-refractivity contribution is 0.621. The Morgan fingerprint density at radius 3 is 2.28 bits per heavy atom. The lowest BCUT2D eigenvalue weighted by atomic mass is 9.99. The highest BCUT2D eigenvalue weighted by atomic mass is 79.9. The molecule has 0 heterocycles. The van der Waals surface area contributed by atoms with Crippen LogP contribution in [0.25, 0.3) is 0 Å². The minimum Gasteiger partial charge on any atom is -0.309 e. The largest absolute Gasteiger partial charge is 0.309 e. The normalized spacial score (nSPS) is 12.4. The van der Waals surface area contributed by atoms with Gasteiger partial charge in [0.2, 0.25) is 0 Å². The average Bonchev–Trinajstić information content (AvgIpc) is 2.35. The standard InChI is InChI=1S/C14H12Br2FN/c1-18-14(9-2-4-10(15)5-3-9)12-7-6-11(17)8-13(12)16/h2-8,14,18H,1H3. The Balaban J connectivity index is 2.41. The maximum absolute atomic E-state index is 13.1. The van der Waals surface area contributed by atoms with Crippen molar-refractivity contribution in [3.05, 3.63) is 68.4 Å². The Bertz CT molecular complexity index is 540. The van der Waals surface area contributed by atoms with Gasteiger partial charge in [-0.15, -0.1) is 0 Å². The summed E-state index contributed by atoms with van der Waals surface area (Å²) in [5.41, 5.74) is 2.15. The second-order valence-corrected chi connectivity index (χ2v) is 5.71. The maximum Gasteiger partial charge on any atom is 0.124 e. The SMILES string of the molecule is CNC(c1ccc(Br)cc1)c1ccc(F)cc1Br. The van der Waals surface area contributed by atoms with Crippen molar-refractivity contribution in [1.82, 2.24) is 5.32 Å². The lowest BCUT2D eigenvalue weighted by Crippen LogP contribution is -2.18. The lowest BCUT2D eigenvalue weighted by Gasteiger charge is -2.18. The summed E-state index contributed by atoms with van der Waals surface area (Å²) < 4.78 is 14.9. The minimum absolute atomic E-state index is 0.0353. The van der Waals surface area contributed by atoms with Gasteiger partial charge in [0.15, 0.2) is 0 Å². The van der Waals surface area contributed by atoms with Crippen molar-refractivity contribution >= 4 is 31.9 Å². The van der Waals surface area contributed by atoms with Crippen LogP contribution in [0.15, 0.2) is 51.4 Å². The topological polar surface area (TPSA) is 12.0 Å². The molecule has 0 bridgehead atoms. The van der Waals surface area contributed by atoms with E-state index < -0.39 is 0 Å². The predicted molar refractivity (Wildman–Crippen MR) is 79.1 cm³/mol. The Labute approximate surface area is 123 Å². The molecular weight excluding hydrogens is 361 g/mol. The van der Waals surface area contributed by atoms with E-state index in [2.05, 4.69) is 37.2 Å². The highest BCUT2D eigenvalue weighted by Crippen LogP contribution is 2.29. The summed E-state index contributed by atoms with van der Waals surface area (Å²) in [6, 6.07) is 12.9. The van der Waals surface area contributed by atoms with Crippen molar-refractivity contribution in [2.45, 2.75) is 6.04 Å². The fraction of sp³-hybridized carbons (Fsp3) is 0.143. The van der Waals surface area contributed by atoms with Crippen LogP contribution in [0.4, 0.5) is 4.39 Å². The second kappa shape index (κ2) is 5.95. The van der Waals surface area contributed by atoms with E-state index in [1.54, 1.807) is 6.07 Å². The van der Waals surface area contributed by atoms with Crippen LogP contribution in [-0.4, -0.2) is 7.05 Å². The molecule has 0 amide bonds. The summed E-state index contributed by atoms with van der Waals surface area (Å²) in [7, 11) is 1.89. The molecule has 18 heavy (non-hydrogen) atoms. The maximum atomic E-state index is 13.1. The van der Waals surface area contributed by atoms with Crippen LogP contribution < -0.4 is 5.32 Å². The van der Waals surface area contributed by atoms with Gasteiger partial charge in [0.25, 0.3) is 0 Å². The van der Waals surface area contributed by atoms with Gasteiger partial charge in [-0.1, -0.05) is 50.1 Å². The summed E-state index contributed by atoms with van der Waals surface area (Å²) in [6.45, 7) is 0. The van der Waals surface area contributed by atoms with Gasteiger partial charge < -0.3 is 5.32 Å². The fourth-order valence-electron chi connectivity index (χ4n) is 1.89. The molecule has 0 aliphatic heterocycles. The van der Waals surface area contributed by atoms with E-state index in [9.17, 15) is 4.39 Å². The van der Waals surface area contributed by atoms with Crippen LogP contribution in [0.5, 0.6) is 0 Å². The third-order valence-corrected chi connectivity index (χ3v) is 3.98. The molecule has 2 aromatic rings. The molecule has 4 heteroatoms. The van der Waals surface area contributed by atoms with Gasteiger partial charge in [-0.05, 0) is 42.4 Å². The number of benzene rings is 2. The first-order valence-electron chi connectivity index (χ1n) is 5.49. The molecule has 0 fully saturated rings. The molecule has 0 saturated heterocycles. The summed E-state index contributed by atoms with van der Waals surface area (Å²) in [5.74, 6) is -0.240. The van der Waals surface area contributed by atoms with Crippen molar-refractivity contribution in [3.8, 4) is 0 Å². The van der Waals surface area contributed by atoms with Crippen molar-refractivity contribution in [1.29, 1.82) is 0 Å². The van der Waals surface area contributed by atoms with Gasteiger partial charge >= 0.3 is 0 Å². The van der Waals surface area contributed by atoms with Crippen LogP contribution in [0.1, 0.15) is 17.2 Å². The zero-order valence-electron chi connectivity index (χ0n) is 9.75. The Morgan fingerprint density at radius 2 is 1.72 bits per heavy atom. The molecule has 1 atom stereocenters. The van der Waals surface area contributed by atoms with Gasteiger partial charge in [0, 0.05) is 8.95 Å². The monoisotopic (exact) mass is 371 g/mol. The van der Waals surface area contributed by atoms with E-state index in [0.29, 0.717) is 0 Å². The first-order chi connectivity index (χ1) is 8.61. The van der Waals surface area contributed by atoms with Crippen LogP contribution in [0.3, 0.4) is 0 Å². The smallest absolute Gasteiger partial charge is 0.124 e. The molecule has 0 radical (unpaired) electrons. The van der Waals surface area contributed by atoms with E-state index in [4.69, 9.17) is 0 Å². The number of nitrogens with one attached hydrogen (secondary N) is 1. The third kappa shape index (κ3) is 2.99. The van der Waals surface area contributed by atoms with Gasteiger partial charge in [0.05, 0.1) is 6.04 Å². The van der Waals surface area contributed by atoms with E-state index in [0.717, 1.165) is 20.1 Å². The molecule has 0 aliphatic carbocycles. The predicted octanol–water partition coefficient (Wildman–Crippen LogP) is 4.66. The zero-order valence-corrected chi connectivity index (χ0v) is 12.9. The minimum atomic E-state index is -0.240. The first-order valence-corrected chi connectivity index (χ1v) is 7.08. The van der Waals surface area contributed by atoms with Crippen molar-refractivity contribution < 1.29 is 4.39 Å². The van der Waals surface area contributed by atoms with E-state index in [1.165, 1.54) is 12.1 Å². The number of halogens is 3. The van der Waals surface area contributed by atoms with Crippen molar-refractivity contribution in [2.75, 3.05) is 7.05 Å². The molecule has 0 aromatic heterocycles. The average molecular weight is 373 g/mol. The molecule has 1 nitrogen and oxygen atoms in total. The Hall–Kier alpha value is -0.710. The van der Waals surface area contributed by atoms with Gasteiger partial charge in [-0.2, -0.15) is 0 Å². The summed E-state index contributed by atoms with van der Waals surface area (Å²) in [6.07, 6.45) is 0. The van der Waals surface area contributed by atoms with E-state index in [-0.39, 0.29) is 11.9 Å². The quantitative estimate of drug-likeness (QED) is 0.826. The zero-order chi connectivity index (χ0) is 13.1. The van der Waals surface area contributed by atoms with Gasteiger partial charge in [-0.25, -0.2) is 4.39 Å². The second-order valence-electron chi connectivity index (χ2n) is 3.94. The highest BCUT2D eigenvalue weighted by molar-refractivity contribution is 9.10. The van der Waals surface area contributed by atoms with Crippen LogP contribution in [-0.2, 0) is 0 Å². The highest BCUT2D eigenvalue weighted by Gasteiger charge is 2.15. The van der Waals surface area contributed by atoms with Crippen molar-refractivity contribution in [3.63, 3.8) is 0 Å². The number of hydrogen-bond acceptors (Lipinski definition) is 1. The molecule has 0 aliphatic rings. The summed E-state index contributed by atoms with van der Waals surface area (Å²) in [5, 5.41) is 3.25. The summed E-state index contributed by atoms with van der Waals surface area (Å²) >= 11 is 6.83. The molecule has 94 valence electrons. The molecule has 0 spiro atoms. The van der Waals surface area contributed by atoms with E-state index >= 15 is 0 Å². The molecule has 2 rings (SSSR count). The molecule has 1 unspecified atom stereocenters. The molecule has 2 aromatic carbocycles. The Kier molecular flexibility index (Phi) is 4.54. The fourth-order valence-corrected chi connectivity index (χ4v) is 2.74. The number of rotatable bonds is 3. The molecule has 1 N–H and O–H groups in total. The van der Waals surface area contributed by atoms with Gasteiger partial charge in [-0.3, -0.25) is 0 Å². The summed E-state index contributed by atoms with van der Waals surface area (Å²) in [4.78, 5) is 0. The molecule has 0 saturated carbocycles. The van der Waals surface area contributed by atoms with Crippen LogP contribution >= 0.6 is 31.9 Å². The van der Waals surface area contributed by atoms with Crippen LogP contribution in [0, 0.1) is 5.82 Å². The molecular formula is C14H12Br2FN. The Morgan fingerprint density at radius 1 is 1.06 bits per heavy atom. The van der Waals surface area contributed by atoms with E-state index in [1.807, 2.05) is 31.3 Å². The number of hydrogen-bond donors (Lipinski definition) is 1. The first kappa shape index (κ1) is 13.7. The van der Waals surface area contributed by atoms with Gasteiger partial charge in [0.1, 0.15) is 5.82 Å². The van der Waals surface area contributed by atoms with Crippen molar-refractivity contribution in [2.24, 2.45) is 0 Å². The van der Waals surface area contributed by atoms with Crippen LogP contribution in [0.2, 0.25) is 0 Å².